The molecule has 1 spiro atoms. The third-order valence-corrected chi connectivity index (χ3v) is 7.26. The molecule has 1 N–H and O–H groups in total. The lowest BCUT2D eigenvalue weighted by Gasteiger charge is -2.44. The van der Waals surface area contributed by atoms with Crippen molar-refractivity contribution in [2.75, 3.05) is 31.6 Å². The van der Waals surface area contributed by atoms with Crippen LogP contribution in [0.3, 0.4) is 0 Å². The first kappa shape index (κ1) is 19.8. The van der Waals surface area contributed by atoms with Crippen LogP contribution in [0, 0.1) is 0 Å². The predicted octanol–water partition coefficient (Wildman–Crippen LogP) is 2.68. The maximum atomic E-state index is 15.3. The fourth-order valence-electron chi connectivity index (χ4n) is 3.84. The molecule has 0 saturated carbocycles. The van der Waals surface area contributed by atoms with Gasteiger partial charge in [0.05, 0.1) is 18.0 Å². The second-order valence-electron chi connectivity index (χ2n) is 7.04. The van der Waals surface area contributed by atoms with Crippen LogP contribution in [0.4, 0.5) is 14.9 Å². The molecule has 2 heterocycles. The summed E-state index contributed by atoms with van der Waals surface area (Å²) in [6, 6.07) is 16.4. The highest BCUT2D eigenvalue weighted by Crippen LogP contribution is 2.40. The number of nitrogens with one attached hydrogen (secondary N) is 1. The summed E-state index contributed by atoms with van der Waals surface area (Å²) in [5.74, 6) is 0. The number of carbonyl (C=O) groups excluding carboxylic acids is 1. The molecule has 4 rings (SSSR count). The molecule has 7 nitrogen and oxygen atoms in total. The zero-order valence-electron chi connectivity index (χ0n) is 15.7. The van der Waals surface area contributed by atoms with Crippen LogP contribution in [0.25, 0.3) is 0 Å². The van der Waals surface area contributed by atoms with Gasteiger partial charge >= 0.3 is 6.03 Å². The summed E-state index contributed by atoms with van der Waals surface area (Å²) in [4.78, 5) is 13.9. The van der Waals surface area contributed by atoms with Gasteiger partial charge in [-0.05, 0) is 24.3 Å². The molecule has 9 heteroatoms. The molecule has 2 saturated heterocycles. The number of anilines is 1. The lowest BCUT2D eigenvalue weighted by Crippen LogP contribution is -2.63. The van der Waals surface area contributed by atoms with Crippen molar-refractivity contribution in [2.24, 2.45) is 0 Å². The Balaban J connectivity index is 1.51. The Morgan fingerprint density at radius 3 is 2.38 bits per heavy atom. The number of likely N-dealkylation sites (tertiary alicyclic amines) is 1. The van der Waals surface area contributed by atoms with E-state index in [2.05, 4.69) is 5.32 Å². The second kappa shape index (κ2) is 7.74. The third-order valence-electron chi connectivity index (χ3n) is 5.32. The van der Waals surface area contributed by atoms with E-state index in [4.69, 9.17) is 4.74 Å². The number of hydrogen-bond donors (Lipinski definition) is 1. The molecule has 2 amide bonds. The Morgan fingerprint density at radius 1 is 1.07 bits per heavy atom. The maximum Gasteiger partial charge on any atom is 0.321 e. The number of amides is 2. The Hall–Kier alpha value is -2.49. The fraction of sp³-hybridized carbons (Fsp3) is 0.350. The first-order chi connectivity index (χ1) is 13.9. The van der Waals surface area contributed by atoms with Gasteiger partial charge in [0.25, 0.3) is 0 Å². The van der Waals surface area contributed by atoms with Gasteiger partial charge in [-0.15, -0.1) is 0 Å². The third kappa shape index (κ3) is 3.61. The predicted molar refractivity (Wildman–Crippen MR) is 106 cm³/mol. The summed E-state index contributed by atoms with van der Waals surface area (Å²) >= 11 is 0. The summed E-state index contributed by atoms with van der Waals surface area (Å²) in [5, 5.41) is 2.73. The van der Waals surface area contributed by atoms with E-state index >= 15 is 4.39 Å². The van der Waals surface area contributed by atoms with E-state index in [0.717, 1.165) is 4.31 Å². The van der Waals surface area contributed by atoms with E-state index in [-0.39, 0.29) is 37.6 Å². The van der Waals surface area contributed by atoms with Crippen molar-refractivity contribution in [1.82, 2.24) is 9.21 Å². The summed E-state index contributed by atoms with van der Waals surface area (Å²) in [6.07, 6.45) is -1.61. The van der Waals surface area contributed by atoms with Gasteiger partial charge in [0.15, 0.2) is 11.9 Å². The number of hydrogen-bond acceptors (Lipinski definition) is 4. The van der Waals surface area contributed by atoms with Gasteiger partial charge in [-0.2, -0.15) is 4.31 Å². The Morgan fingerprint density at radius 2 is 1.72 bits per heavy atom. The normalized spacial score (nSPS) is 25.3. The van der Waals surface area contributed by atoms with E-state index in [1.54, 1.807) is 42.5 Å². The Bertz CT molecular complexity index is 974. The topological polar surface area (TPSA) is 79.0 Å². The van der Waals surface area contributed by atoms with Crippen LogP contribution in [-0.4, -0.2) is 61.8 Å². The molecule has 2 aromatic rings. The molecule has 2 aliphatic rings. The number of alkyl halides is 1. The summed E-state index contributed by atoms with van der Waals surface area (Å²) in [5.41, 5.74) is -0.975. The molecule has 2 fully saturated rings. The fourth-order valence-corrected chi connectivity index (χ4v) is 5.58. The number of urea groups is 1. The van der Waals surface area contributed by atoms with Crippen LogP contribution in [0.1, 0.15) is 6.42 Å². The minimum absolute atomic E-state index is 0.0580. The SMILES string of the molecule is O=C(Nc1ccccc1)N1CCC2(OCCN2S(=O)(=O)c2ccccc2)[C@H](F)C1. The average Bonchev–Trinajstić information content (AvgIpc) is 3.17. The van der Waals surface area contributed by atoms with Crippen molar-refractivity contribution in [1.29, 1.82) is 0 Å². The van der Waals surface area contributed by atoms with Gasteiger partial charge in [0, 0.05) is 25.2 Å². The van der Waals surface area contributed by atoms with Crippen molar-refractivity contribution in [3.63, 3.8) is 0 Å². The average molecular weight is 419 g/mol. The van der Waals surface area contributed by atoms with E-state index in [9.17, 15) is 13.2 Å². The smallest absolute Gasteiger partial charge is 0.321 e. The molecule has 2 atom stereocenters. The van der Waals surface area contributed by atoms with Crippen molar-refractivity contribution in [3.8, 4) is 0 Å². The summed E-state index contributed by atoms with van der Waals surface area (Å²) in [7, 11) is -3.92. The number of nitrogens with zero attached hydrogens (tertiary/aromatic N) is 2. The van der Waals surface area contributed by atoms with Crippen LogP contribution >= 0.6 is 0 Å². The zero-order valence-corrected chi connectivity index (χ0v) is 16.5. The van der Waals surface area contributed by atoms with Crippen LogP contribution in [0.15, 0.2) is 65.6 Å². The molecule has 29 heavy (non-hydrogen) atoms. The summed E-state index contributed by atoms with van der Waals surface area (Å²) < 4.78 is 48.3. The van der Waals surface area contributed by atoms with Crippen molar-refractivity contribution in [2.45, 2.75) is 23.2 Å². The molecule has 2 aliphatic heterocycles. The van der Waals surface area contributed by atoms with Gasteiger partial charge in [0.1, 0.15) is 0 Å². The monoisotopic (exact) mass is 419 g/mol. The van der Waals surface area contributed by atoms with Crippen molar-refractivity contribution in [3.05, 3.63) is 60.7 Å². The number of carbonyl (C=O) groups is 1. The van der Waals surface area contributed by atoms with Gasteiger partial charge in [0.2, 0.25) is 10.0 Å². The first-order valence-electron chi connectivity index (χ1n) is 9.40. The number of para-hydroxylation sites is 1. The van der Waals surface area contributed by atoms with E-state index < -0.39 is 28.0 Å². The molecular weight excluding hydrogens is 397 g/mol. The number of sulfonamides is 1. The number of ether oxygens (including phenoxy) is 1. The van der Waals surface area contributed by atoms with Crippen molar-refractivity contribution >= 4 is 21.7 Å². The van der Waals surface area contributed by atoms with Gasteiger partial charge in [-0.1, -0.05) is 36.4 Å². The lowest BCUT2D eigenvalue weighted by molar-refractivity contribution is -0.134. The maximum absolute atomic E-state index is 15.3. The standard InChI is InChI=1S/C20H22FN3O4S/c21-18-15-23(19(25)22-16-7-3-1-4-8-16)12-11-20(18)24(13-14-28-20)29(26,27)17-9-5-2-6-10-17/h1-10,18H,11-15H2,(H,22,25)/t18-,20?/m1/s1. The van der Waals surface area contributed by atoms with Crippen LogP contribution in [0.2, 0.25) is 0 Å². The van der Waals surface area contributed by atoms with E-state index in [1.165, 1.54) is 17.0 Å². The molecular formula is C20H22FN3O4S. The molecule has 0 radical (unpaired) electrons. The van der Waals surface area contributed by atoms with Gasteiger partial charge in [-0.25, -0.2) is 17.6 Å². The van der Waals surface area contributed by atoms with Crippen LogP contribution in [0.5, 0.6) is 0 Å². The van der Waals surface area contributed by atoms with Gasteiger partial charge < -0.3 is 15.0 Å². The number of piperidine rings is 1. The minimum Gasteiger partial charge on any atom is -0.355 e. The summed E-state index contributed by atoms with van der Waals surface area (Å²) in [6.45, 7) is 0.121. The van der Waals surface area contributed by atoms with E-state index in [1.807, 2.05) is 6.07 Å². The van der Waals surface area contributed by atoms with Crippen molar-refractivity contribution < 1.29 is 22.3 Å². The van der Waals surface area contributed by atoms with Crippen LogP contribution < -0.4 is 5.32 Å². The Kier molecular flexibility index (Phi) is 5.28. The number of rotatable bonds is 3. The number of halogens is 1. The minimum atomic E-state index is -3.92. The van der Waals surface area contributed by atoms with Gasteiger partial charge in [-0.3, -0.25) is 0 Å². The zero-order chi connectivity index (χ0) is 20.5. The molecule has 0 aliphatic carbocycles. The van der Waals surface area contributed by atoms with E-state index in [0.29, 0.717) is 5.69 Å². The molecule has 1 unspecified atom stereocenters. The molecule has 154 valence electrons. The number of benzene rings is 2. The first-order valence-corrected chi connectivity index (χ1v) is 10.8. The largest absolute Gasteiger partial charge is 0.355 e. The highest BCUT2D eigenvalue weighted by Gasteiger charge is 2.57. The molecule has 2 aromatic carbocycles. The lowest BCUT2D eigenvalue weighted by atomic mass is 9.99. The highest BCUT2D eigenvalue weighted by molar-refractivity contribution is 7.89. The molecule has 0 aromatic heterocycles. The van der Waals surface area contributed by atoms with Crippen LogP contribution in [-0.2, 0) is 14.8 Å². The second-order valence-corrected chi connectivity index (χ2v) is 8.91. The highest BCUT2D eigenvalue weighted by atomic mass is 32.2. The quantitative estimate of drug-likeness (QED) is 0.830. The Labute approximate surface area is 169 Å². The molecule has 0 bridgehead atoms.